The highest BCUT2D eigenvalue weighted by Crippen LogP contribution is 2.27. The van der Waals surface area contributed by atoms with Crippen LogP contribution in [0.25, 0.3) is 0 Å². The average Bonchev–Trinajstić information content (AvgIpc) is 2.30. The van der Waals surface area contributed by atoms with Crippen molar-refractivity contribution in [3.05, 3.63) is 41.7 Å². The molecule has 0 fully saturated rings. The van der Waals surface area contributed by atoms with Crippen molar-refractivity contribution in [2.45, 2.75) is 16.8 Å². The zero-order valence-corrected chi connectivity index (χ0v) is 10.9. The molecule has 0 amide bonds. The number of anilines is 1. The standard InChI is InChI=1S/C12H12ClN3S/c1-2-15-11-7-14-8-12(16-11)17-10-5-3-4-9(13)6-10/h3-8H,2H2,1H3,(H,15,16). The lowest BCUT2D eigenvalue weighted by atomic mass is 10.4. The Balaban J connectivity index is 2.15. The predicted octanol–water partition coefficient (Wildman–Crippen LogP) is 3.71. The average molecular weight is 266 g/mol. The van der Waals surface area contributed by atoms with E-state index in [0.717, 1.165) is 27.3 Å². The second-order valence-electron chi connectivity index (χ2n) is 3.33. The van der Waals surface area contributed by atoms with Gasteiger partial charge in [-0.2, -0.15) is 0 Å². The van der Waals surface area contributed by atoms with Gasteiger partial charge in [-0.25, -0.2) is 4.98 Å². The Morgan fingerprint density at radius 2 is 2.24 bits per heavy atom. The van der Waals surface area contributed by atoms with Crippen molar-refractivity contribution >= 4 is 29.2 Å². The van der Waals surface area contributed by atoms with Crippen molar-refractivity contribution in [3.8, 4) is 0 Å². The number of hydrogen-bond donors (Lipinski definition) is 1. The van der Waals surface area contributed by atoms with E-state index >= 15 is 0 Å². The van der Waals surface area contributed by atoms with Crippen LogP contribution in [0.1, 0.15) is 6.92 Å². The molecule has 0 saturated carbocycles. The van der Waals surface area contributed by atoms with Crippen LogP contribution in [-0.2, 0) is 0 Å². The largest absolute Gasteiger partial charge is 0.369 e. The highest BCUT2D eigenvalue weighted by atomic mass is 35.5. The normalized spacial score (nSPS) is 10.2. The quantitative estimate of drug-likeness (QED) is 0.914. The molecule has 0 aliphatic rings. The van der Waals surface area contributed by atoms with Gasteiger partial charge >= 0.3 is 0 Å². The Morgan fingerprint density at radius 1 is 1.35 bits per heavy atom. The third kappa shape index (κ3) is 3.61. The highest BCUT2D eigenvalue weighted by molar-refractivity contribution is 7.99. The minimum Gasteiger partial charge on any atom is -0.369 e. The number of rotatable bonds is 4. The molecule has 1 aromatic carbocycles. The molecule has 1 N–H and O–H groups in total. The Morgan fingerprint density at radius 3 is 3.00 bits per heavy atom. The van der Waals surface area contributed by atoms with Crippen LogP contribution in [-0.4, -0.2) is 16.5 Å². The molecular formula is C12H12ClN3S. The van der Waals surface area contributed by atoms with E-state index in [9.17, 15) is 0 Å². The van der Waals surface area contributed by atoms with Gasteiger partial charge in [-0.1, -0.05) is 29.4 Å². The van der Waals surface area contributed by atoms with Crippen LogP contribution >= 0.6 is 23.4 Å². The van der Waals surface area contributed by atoms with Crippen molar-refractivity contribution in [1.82, 2.24) is 9.97 Å². The molecule has 2 rings (SSSR count). The summed E-state index contributed by atoms with van der Waals surface area (Å²) < 4.78 is 0. The highest BCUT2D eigenvalue weighted by Gasteiger charge is 2.01. The van der Waals surface area contributed by atoms with Gasteiger partial charge in [0.1, 0.15) is 10.8 Å². The van der Waals surface area contributed by atoms with Gasteiger partial charge < -0.3 is 5.32 Å². The molecular weight excluding hydrogens is 254 g/mol. The van der Waals surface area contributed by atoms with Crippen molar-refractivity contribution in [1.29, 1.82) is 0 Å². The van der Waals surface area contributed by atoms with E-state index in [1.165, 1.54) is 0 Å². The summed E-state index contributed by atoms with van der Waals surface area (Å²) in [6.07, 6.45) is 3.46. The van der Waals surface area contributed by atoms with Crippen LogP contribution in [0.15, 0.2) is 46.6 Å². The number of hydrogen-bond acceptors (Lipinski definition) is 4. The van der Waals surface area contributed by atoms with E-state index in [4.69, 9.17) is 11.6 Å². The molecule has 0 radical (unpaired) electrons. The van der Waals surface area contributed by atoms with E-state index in [-0.39, 0.29) is 0 Å². The van der Waals surface area contributed by atoms with Gasteiger partial charge in [-0.3, -0.25) is 4.98 Å². The van der Waals surface area contributed by atoms with Gasteiger partial charge in [0.05, 0.1) is 12.4 Å². The smallest absolute Gasteiger partial charge is 0.145 e. The Labute approximate surface area is 110 Å². The van der Waals surface area contributed by atoms with Crippen molar-refractivity contribution in [2.24, 2.45) is 0 Å². The lowest BCUT2D eigenvalue weighted by Crippen LogP contribution is -2.00. The van der Waals surface area contributed by atoms with E-state index in [0.29, 0.717) is 0 Å². The molecule has 0 aliphatic heterocycles. The third-order valence-corrected chi connectivity index (χ3v) is 3.12. The first-order valence-electron chi connectivity index (χ1n) is 5.27. The van der Waals surface area contributed by atoms with Gasteiger partial charge in [0.2, 0.25) is 0 Å². The minimum atomic E-state index is 0.728. The number of halogens is 1. The van der Waals surface area contributed by atoms with Gasteiger partial charge in [0.25, 0.3) is 0 Å². The fourth-order valence-electron chi connectivity index (χ4n) is 1.31. The fourth-order valence-corrected chi connectivity index (χ4v) is 2.40. The molecule has 0 spiro atoms. The summed E-state index contributed by atoms with van der Waals surface area (Å²) in [6, 6.07) is 7.69. The summed E-state index contributed by atoms with van der Waals surface area (Å²) >= 11 is 7.47. The molecule has 5 heteroatoms. The minimum absolute atomic E-state index is 0.728. The first kappa shape index (κ1) is 12.2. The van der Waals surface area contributed by atoms with E-state index in [2.05, 4.69) is 15.3 Å². The van der Waals surface area contributed by atoms with E-state index < -0.39 is 0 Å². The Hall–Kier alpha value is -1.26. The van der Waals surface area contributed by atoms with Crippen LogP contribution < -0.4 is 5.32 Å². The van der Waals surface area contributed by atoms with Crippen LogP contribution in [0.5, 0.6) is 0 Å². The number of benzene rings is 1. The van der Waals surface area contributed by atoms with Crippen LogP contribution in [0, 0.1) is 0 Å². The summed E-state index contributed by atoms with van der Waals surface area (Å²) in [5, 5.41) is 4.71. The fraction of sp³-hybridized carbons (Fsp3) is 0.167. The molecule has 0 aliphatic carbocycles. The molecule has 1 aromatic heterocycles. The Kier molecular flexibility index (Phi) is 4.23. The lowest BCUT2D eigenvalue weighted by molar-refractivity contribution is 1.03. The second kappa shape index (κ2) is 5.89. The van der Waals surface area contributed by atoms with Crippen LogP contribution in [0.3, 0.4) is 0 Å². The maximum absolute atomic E-state index is 5.93. The molecule has 88 valence electrons. The van der Waals surface area contributed by atoms with Gasteiger partial charge in [0.15, 0.2) is 0 Å². The Bertz CT molecular complexity index is 505. The molecule has 2 aromatic rings. The predicted molar refractivity (Wildman–Crippen MR) is 71.8 cm³/mol. The second-order valence-corrected chi connectivity index (χ2v) is 4.86. The number of nitrogens with zero attached hydrogens (tertiary/aromatic N) is 2. The molecule has 0 saturated heterocycles. The van der Waals surface area contributed by atoms with Gasteiger partial charge in [-0.05, 0) is 25.1 Å². The molecule has 0 bridgehead atoms. The summed E-state index contributed by atoms with van der Waals surface area (Å²) in [6.45, 7) is 2.86. The van der Waals surface area contributed by atoms with Crippen molar-refractivity contribution < 1.29 is 0 Å². The van der Waals surface area contributed by atoms with E-state index in [1.54, 1.807) is 24.2 Å². The summed E-state index contributed by atoms with van der Waals surface area (Å²) in [5.41, 5.74) is 0. The summed E-state index contributed by atoms with van der Waals surface area (Å²) in [7, 11) is 0. The molecule has 3 nitrogen and oxygen atoms in total. The first-order valence-corrected chi connectivity index (χ1v) is 6.46. The molecule has 17 heavy (non-hydrogen) atoms. The maximum Gasteiger partial charge on any atom is 0.145 e. The SMILES string of the molecule is CCNc1cncc(Sc2cccc(Cl)c2)n1. The van der Waals surface area contributed by atoms with Crippen LogP contribution in [0.2, 0.25) is 5.02 Å². The van der Waals surface area contributed by atoms with Crippen molar-refractivity contribution in [2.75, 3.05) is 11.9 Å². The van der Waals surface area contributed by atoms with Gasteiger partial charge in [-0.15, -0.1) is 0 Å². The third-order valence-electron chi connectivity index (χ3n) is 1.99. The summed E-state index contributed by atoms with van der Waals surface area (Å²) in [5.74, 6) is 0.791. The topological polar surface area (TPSA) is 37.8 Å². The zero-order valence-electron chi connectivity index (χ0n) is 9.35. The lowest BCUT2D eigenvalue weighted by Gasteiger charge is -2.04. The molecule has 0 atom stereocenters. The maximum atomic E-state index is 5.93. The van der Waals surface area contributed by atoms with Crippen molar-refractivity contribution in [3.63, 3.8) is 0 Å². The molecule has 0 unspecified atom stereocenters. The van der Waals surface area contributed by atoms with Crippen LogP contribution in [0.4, 0.5) is 5.82 Å². The van der Waals surface area contributed by atoms with Gasteiger partial charge in [0, 0.05) is 16.5 Å². The first-order chi connectivity index (χ1) is 8.28. The zero-order chi connectivity index (χ0) is 12.1. The number of nitrogens with one attached hydrogen (secondary N) is 1. The number of aromatic nitrogens is 2. The van der Waals surface area contributed by atoms with E-state index in [1.807, 2.05) is 31.2 Å². The summed E-state index contributed by atoms with van der Waals surface area (Å²) in [4.78, 5) is 9.63. The molecule has 1 heterocycles. The monoisotopic (exact) mass is 265 g/mol.